The number of rotatable bonds is 5. The molecular formula is C24H16ClFN2O6S. The monoisotopic (exact) mass is 514 g/mol. The second kappa shape index (κ2) is 9.32. The summed E-state index contributed by atoms with van der Waals surface area (Å²) in [4.78, 5) is 37.9. The maximum Gasteiger partial charge on any atom is 0.339 e. The summed E-state index contributed by atoms with van der Waals surface area (Å²) in [6.07, 6.45) is 1.14. The molecule has 178 valence electrons. The number of barbiturate groups is 1. The lowest BCUT2D eigenvalue weighted by molar-refractivity contribution is -0.122. The normalized spacial score (nSPS) is 15.3. The van der Waals surface area contributed by atoms with Crippen LogP contribution in [-0.2, 0) is 19.7 Å². The van der Waals surface area contributed by atoms with Crippen molar-refractivity contribution in [1.29, 1.82) is 0 Å². The fourth-order valence-electron chi connectivity index (χ4n) is 3.22. The van der Waals surface area contributed by atoms with E-state index in [2.05, 4.69) is 0 Å². The smallest absolute Gasteiger partial charge is 0.339 e. The summed E-state index contributed by atoms with van der Waals surface area (Å²) >= 11 is 6.19. The van der Waals surface area contributed by atoms with Gasteiger partial charge in [-0.15, -0.1) is 0 Å². The third kappa shape index (κ3) is 4.93. The van der Waals surface area contributed by atoms with Gasteiger partial charge in [-0.2, -0.15) is 8.42 Å². The van der Waals surface area contributed by atoms with Gasteiger partial charge in [0.25, 0.3) is 11.8 Å². The minimum Gasteiger partial charge on any atom is -0.377 e. The SMILES string of the molecule is Cc1ccc(S(=O)(=O)Oc2ccc(/C=C3/C(=O)NC(=O)N(c4ccccc4F)C3=O)cc2Cl)cc1. The average molecular weight is 515 g/mol. The van der Waals surface area contributed by atoms with Crippen molar-refractivity contribution >= 4 is 51.3 Å². The molecule has 4 amide bonds. The zero-order valence-electron chi connectivity index (χ0n) is 18.0. The molecule has 0 aromatic heterocycles. The molecule has 35 heavy (non-hydrogen) atoms. The number of hydrogen-bond acceptors (Lipinski definition) is 6. The molecule has 1 aliphatic heterocycles. The minimum absolute atomic E-state index is 0.0623. The van der Waals surface area contributed by atoms with Gasteiger partial charge in [0.15, 0.2) is 5.75 Å². The summed E-state index contributed by atoms with van der Waals surface area (Å²) in [7, 11) is -4.16. The van der Waals surface area contributed by atoms with Crippen LogP contribution in [0.25, 0.3) is 6.08 Å². The van der Waals surface area contributed by atoms with E-state index in [9.17, 15) is 27.2 Å². The van der Waals surface area contributed by atoms with Crippen molar-refractivity contribution in [1.82, 2.24) is 5.32 Å². The van der Waals surface area contributed by atoms with E-state index < -0.39 is 39.4 Å². The van der Waals surface area contributed by atoms with E-state index in [0.717, 1.165) is 17.7 Å². The third-order valence-electron chi connectivity index (χ3n) is 4.97. The van der Waals surface area contributed by atoms with E-state index in [-0.39, 0.29) is 26.9 Å². The van der Waals surface area contributed by atoms with Gasteiger partial charge in [0.1, 0.15) is 16.3 Å². The largest absolute Gasteiger partial charge is 0.377 e. The molecule has 0 unspecified atom stereocenters. The molecular weight excluding hydrogens is 499 g/mol. The molecule has 3 aromatic rings. The van der Waals surface area contributed by atoms with Crippen LogP contribution in [0.15, 0.2) is 77.2 Å². The van der Waals surface area contributed by atoms with Gasteiger partial charge < -0.3 is 4.18 Å². The molecule has 8 nitrogen and oxygen atoms in total. The Hall–Kier alpha value is -4.02. The molecule has 0 radical (unpaired) electrons. The summed E-state index contributed by atoms with van der Waals surface area (Å²) in [5, 5.41) is 1.88. The number of carbonyl (C=O) groups excluding carboxylic acids is 3. The van der Waals surface area contributed by atoms with Crippen molar-refractivity contribution in [3.05, 3.63) is 94.3 Å². The van der Waals surface area contributed by atoms with Crippen molar-refractivity contribution in [2.75, 3.05) is 4.90 Å². The lowest BCUT2D eigenvalue weighted by atomic mass is 10.1. The first-order valence-electron chi connectivity index (χ1n) is 10.0. The lowest BCUT2D eigenvalue weighted by Crippen LogP contribution is -2.54. The molecule has 0 saturated carbocycles. The van der Waals surface area contributed by atoms with Crippen LogP contribution in [-0.4, -0.2) is 26.3 Å². The number of halogens is 2. The Morgan fingerprint density at radius 1 is 1.00 bits per heavy atom. The predicted molar refractivity (Wildman–Crippen MR) is 126 cm³/mol. The van der Waals surface area contributed by atoms with E-state index in [4.69, 9.17) is 15.8 Å². The van der Waals surface area contributed by atoms with Crippen molar-refractivity contribution in [3.63, 3.8) is 0 Å². The fourth-order valence-corrected chi connectivity index (χ4v) is 4.44. The first kappa shape index (κ1) is 24.1. The molecule has 1 fully saturated rings. The second-order valence-electron chi connectivity index (χ2n) is 7.45. The van der Waals surface area contributed by atoms with Gasteiger partial charge >= 0.3 is 16.1 Å². The number of aryl methyl sites for hydroxylation is 1. The molecule has 1 N–H and O–H groups in total. The van der Waals surface area contributed by atoms with Crippen molar-refractivity contribution < 1.29 is 31.4 Å². The zero-order valence-corrected chi connectivity index (χ0v) is 19.6. The van der Waals surface area contributed by atoms with Crippen LogP contribution >= 0.6 is 11.6 Å². The second-order valence-corrected chi connectivity index (χ2v) is 9.40. The number of nitrogens with zero attached hydrogens (tertiary/aromatic N) is 1. The topological polar surface area (TPSA) is 110 Å². The lowest BCUT2D eigenvalue weighted by Gasteiger charge is -2.26. The Morgan fingerprint density at radius 2 is 1.69 bits per heavy atom. The number of amides is 4. The summed E-state index contributed by atoms with van der Waals surface area (Å²) < 4.78 is 44.4. The molecule has 1 saturated heterocycles. The van der Waals surface area contributed by atoms with Crippen molar-refractivity contribution in [2.24, 2.45) is 0 Å². The highest BCUT2D eigenvalue weighted by atomic mass is 35.5. The predicted octanol–water partition coefficient (Wildman–Crippen LogP) is 4.22. The first-order chi connectivity index (χ1) is 16.6. The number of anilines is 1. The maximum absolute atomic E-state index is 14.2. The van der Waals surface area contributed by atoms with Crippen LogP contribution in [0.2, 0.25) is 5.02 Å². The van der Waals surface area contributed by atoms with Gasteiger partial charge in [-0.3, -0.25) is 14.9 Å². The molecule has 0 atom stereocenters. The first-order valence-corrected chi connectivity index (χ1v) is 11.8. The molecule has 4 rings (SSSR count). The fraction of sp³-hybridized carbons (Fsp3) is 0.0417. The molecule has 0 bridgehead atoms. The summed E-state index contributed by atoms with van der Waals surface area (Å²) in [6.45, 7) is 1.81. The Balaban J connectivity index is 1.63. The van der Waals surface area contributed by atoms with Gasteiger partial charge in [0.05, 0.1) is 10.7 Å². The number of benzene rings is 3. The summed E-state index contributed by atoms with van der Waals surface area (Å²) in [6, 6.07) is 13.9. The number of carbonyl (C=O) groups is 3. The van der Waals surface area contributed by atoms with Crippen LogP contribution in [0.1, 0.15) is 11.1 Å². The van der Waals surface area contributed by atoms with Crippen LogP contribution in [0, 0.1) is 12.7 Å². The van der Waals surface area contributed by atoms with E-state index in [1.165, 1.54) is 48.5 Å². The third-order valence-corrected chi connectivity index (χ3v) is 6.51. The van der Waals surface area contributed by atoms with E-state index in [1.807, 2.05) is 12.2 Å². The van der Waals surface area contributed by atoms with Gasteiger partial charge in [0, 0.05) is 0 Å². The minimum atomic E-state index is -4.16. The number of hydrogen-bond donors (Lipinski definition) is 1. The zero-order chi connectivity index (χ0) is 25.3. The number of para-hydroxylation sites is 1. The molecule has 11 heteroatoms. The Labute approximate surface area is 204 Å². The number of nitrogens with one attached hydrogen (secondary N) is 1. The average Bonchev–Trinajstić information content (AvgIpc) is 2.80. The summed E-state index contributed by atoms with van der Waals surface area (Å²) in [5.41, 5.74) is 0.328. The van der Waals surface area contributed by atoms with Gasteiger partial charge in [-0.1, -0.05) is 47.5 Å². The van der Waals surface area contributed by atoms with Crippen LogP contribution in [0.4, 0.5) is 14.9 Å². The Morgan fingerprint density at radius 3 is 2.34 bits per heavy atom. The van der Waals surface area contributed by atoms with Gasteiger partial charge in [-0.05, 0) is 55.0 Å². The van der Waals surface area contributed by atoms with Crippen LogP contribution in [0.3, 0.4) is 0 Å². The van der Waals surface area contributed by atoms with Gasteiger partial charge in [0.2, 0.25) is 0 Å². The Bertz CT molecular complexity index is 1500. The Kier molecular flexibility index (Phi) is 6.42. The maximum atomic E-state index is 14.2. The highest BCUT2D eigenvalue weighted by Crippen LogP contribution is 2.30. The molecule has 1 heterocycles. The molecule has 3 aromatic carbocycles. The quantitative estimate of drug-likeness (QED) is 0.310. The summed E-state index contributed by atoms with van der Waals surface area (Å²) in [5.74, 6) is -3.02. The molecule has 0 spiro atoms. The molecule has 0 aliphatic carbocycles. The van der Waals surface area contributed by atoms with Gasteiger partial charge in [-0.25, -0.2) is 14.1 Å². The standard InChI is InChI=1S/C24H16ClFN2O6S/c1-14-6-9-16(10-7-14)35(32,33)34-21-11-8-15(13-18(21)25)12-17-22(29)27-24(31)28(23(17)30)20-5-3-2-4-19(20)26/h2-13H,1H3,(H,27,29,31)/b17-12-. The van der Waals surface area contributed by atoms with Crippen molar-refractivity contribution in [2.45, 2.75) is 11.8 Å². The highest BCUT2D eigenvalue weighted by molar-refractivity contribution is 7.87. The van der Waals surface area contributed by atoms with E-state index in [0.29, 0.717) is 4.90 Å². The number of urea groups is 1. The highest BCUT2D eigenvalue weighted by Gasteiger charge is 2.38. The van der Waals surface area contributed by atoms with E-state index >= 15 is 0 Å². The van der Waals surface area contributed by atoms with Crippen LogP contribution in [0.5, 0.6) is 5.75 Å². The number of imide groups is 2. The van der Waals surface area contributed by atoms with Crippen molar-refractivity contribution in [3.8, 4) is 5.75 Å². The molecule has 1 aliphatic rings. The van der Waals surface area contributed by atoms with E-state index in [1.54, 1.807) is 12.1 Å². The van der Waals surface area contributed by atoms with Crippen LogP contribution < -0.4 is 14.4 Å².